The number of likely N-dealkylation sites (tertiary alicyclic amines) is 1. The maximum Gasteiger partial charge on any atom is 0.195 e. The molecule has 1 aliphatic rings. The molecule has 1 aliphatic heterocycles. The van der Waals surface area contributed by atoms with Gasteiger partial charge in [-0.2, -0.15) is 0 Å². The highest BCUT2D eigenvalue weighted by atomic mass is 16.3. The van der Waals surface area contributed by atoms with Crippen LogP contribution >= 0.6 is 0 Å². The van der Waals surface area contributed by atoms with Crippen molar-refractivity contribution in [2.24, 2.45) is 0 Å². The summed E-state index contributed by atoms with van der Waals surface area (Å²) in [5, 5.41) is 0. The van der Waals surface area contributed by atoms with Gasteiger partial charge in [0.15, 0.2) is 11.6 Å². The fraction of sp³-hybridized carbons (Fsp3) is 0.368. The molecule has 1 saturated heterocycles. The molecule has 5 nitrogen and oxygen atoms in total. The summed E-state index contributed by atoms with van der Waals surface area (Å²) >= 11 is 0. The molecule has 0 amide bonds. The molecular formula is C19H21N3O2. The minimum Gasteiger partial charge on any atom is -0.468 e. The predicted molar refractivity (Wildman–Crippen MR) is 90.1 cm³/mol. The lowest BCUT2D eigenvalue weighted by Gasteiger charge is -2.28. The van der Waals surface area contributed by atoms with Crippen LogP contribution in [0.15, 0.2) is 58.0 Å². The Balaban J connectivity index is 1.51. The second-order valence-corrected chi connectivity index (χ2v) is 6.24. The Morgan fingerprint density at radius 1 is 1.00 bits per heavy atom. The van der Waals surface area contributed by atoms with Crippen LogP contribution in [0.4, 0.5) is 0 Å². The van der Waals surface area contributed by atoms with Crippen LogP contribution in [0.2, 0.25) is 0 Å². The highest BCUT2D eigenvalue weighted by molar-refractivity contribution is 5.45. The molecule has 0 aromatic carbocycles. The fourth-order valence-electron chi connectivity index (χ4n) is 3.36. The van der Waals surface area contributed by atoms with E-state index in [0.717, 1.165) is 30.8 Å². The van der Waals surface area contributed by atoms with Gasteiger partial charge >= 0.3 is 0 Å². The van der Waals surface area contributed by atoms with Crippen molar-refractivity contribution in [1.82, 2.24) is 14.9 Å². The zero-order valence-electron chi connectivity index (χ0n) is 13.6. The molecule has 124 valence electrons. The molecule has 3 aromatic heterocycles. The Morgan fingerprint density at radius 2 is 1.83 bits per heavy atom. The molecule has 5 heteroatoms. The van der Waals surface area contributed by atoms with E-state index in [0.29, 0.717) is 17.6 Å². The molecule has 24 heavy (non-hydrogen) atoms. The van der Waals surface area contributed by atoms with Crippen LogP contribution in [0.1, 0.15) is 43.0 Å². The van der Waals surface area contributed by atoms with E-state index in [-0.39, 0.29) is 0 Å². The molecule has 1 fully saturated rings. The molecule has 0 unspecified atom stereocenters. The topological polar surface area (TPSA) is 55.3 Å². The molecule has 4 rings (SSSR count). The molecule has 1 atom stereocenters. The third-order valence-electron chi connectivity index (χ3n) is 4.57. The molecule has 3 aromatic rings. The first-order valence-corrected chi connectivity index (χ1v) is 8.52. The van der Waals surface area contributed by atoms with Gasteiger partial charge in [-0.15, -0.1) is 0 Å². The van der Waals surface area contributed by atoms with E-state index in [1.54, 1.807) is 12.5 Å². The van der Waals surface area contributed by atoms with Crippen molar-refractivity contribution < 1.29 is 8.83 Å². The van der Waals surface area contributed by atoms with Gasteiger partial charge in [0.1, 0.15) is 5.76 Å². The van der Waals surface area contributed by atoms with Gasteiger partial charge in [0.2, 0.25) is 0 Å². The summed E-state index contributed by atoms with van der Waals surface area (Å²) in [6, 6.07) is 8.11. The summed E-state index contributed by atoms with van der Waals surface area (Å²) in [5.74, 6) is 2.39. The van der Waals surface area contributed by atoms with Crippen LogP contribution in [0.5, 0.6) is 0 Å². The third-order valence-corrected chi connectivity index (χ3v) is 4.57. The maximum absolute atomic E-state index is 5.68. The average Bonchev–Trinajstić information content (AvgIpc) is 3.28. The SMILES string of the molecule is c1coc(-c2ncc(CN3CCCCC[C@H]3c3ccco3)cn2)c1. The zero-order chi connectivity index (χ0) is 16.2. The summed E-state index contributed by atoms with van der Waals surface area (Å²) < 4.78 is 11.0. The van der Waals surface area contributed by atoms with Crippen molar-refractivity contribution >= 4 is 0 Å². The van der Waals surface area contributed by atoms with Crippen molar-refractivity contribution in [3.8, 4) is 11.6 Å². The standard InChI is InChI=1S/C19H21N3O2/c1-2-6-16(17-7-4-10-23-17)22(9-3-1)14-15-12-20-19(21-13-15)18-8-5-11-24-18/h4-5,7-8,10-13,16H,1-3,6,9,14H2/t16-/m0/s1. The second kappa shape index (κ2) is 7.01. The summed E-state index contributed by atoms with van der Waals surface area (Å²) in [5.41, 5.74) is 1.11. The van der Waals surface area contributed by atoms with Crippen molar-refractivity contribution in [2.75, 3.05) is 6.54 Å². The normalized spacial score (nSPS) is 19.2. The first-order chi connectivity index (χ1) is 11.9. The highest BCUT2D eigenvalue weighted by Gasteiger charge is 2.24. The summed E-state index contributed by atoms with van der Waals surface area (Å²) in [4.78, 5) is 11.4. The number of rotatable bonds is 4. The van der Waals surface area contributed by atoms with Crippen molar-refractivity contribution in [3.63, 3.8) is 0 Å². The van der Waals surface area contributed by atoms with E-state index in [2.05, 4.69) is 20.9 Å². The lowest BCUT2D eigenvalue weighted by atomic mass is 10.1. The van der Waals surface area contributed by atoms with E-state index >= 15 is 0 Å². The smallest absolute Gasteiger partial charge is 0.195 e. The van der Waals surface area contributed by atoms with E-state index in [4.69, 9.17) is 8.83 Å². The van der Waals surface area contributed by atoms with Crippen LogP contribution in [0, 0.1) is 0 Å². The van der Waals surface area contributed by atoms with E-state index in [9.17, 15) is 0 Å². The third kappa shape index (κ3) is 3.26. The lowest BCUT2D eigenvalue weighted by Crippen LogP contribution is -2.28. The molecule has 0 N–H and O–H groups in total. The van der Waals surface area contributed by atoms with Crippen LogP contribution in [0.25, 0.3) is 11.6 Å². The molecular weight excluding hydrogens is 302 g/mol. The van der Waals surface area contributed by atoms with Crippen molar-refractivity contribution in [1.29, 1.82) is 0 Å². The summed E-state index contributed by atoms with van der Waals surface area (Å²) in [6.07, 6.45) is 12.1. The Hall–Kier alpha value is -2.40. The number of aromatic nitrogens is 2. The molecule has 0 spiro atoms. The van der Waals surface area contributed by atoms with Gasteiger partial charge in [0.25, 0.3) is 0 Å². The van der Waals surface area contributed by atoms with Crippen molar-refractivity contribution in [3.05, 3.63) is 60.5 Å². The molecule has 4 heterocycles. The number of nitrogens with zero attached hydrogens (tertiary/aromatic N) is 3. The van der Waals surface area contributed by atoms with Gasteiger partial charge < -0.3 is 8.83 Å². The summed E-state index contributed by atoms with van der Waals surface area (Å²) in [7, 11) is 0. The first-order valence-electron chi connectivity index (χ1n) is 8.52. The van der Waals surface area contributed by atoms with Crippen LogP contribution in [-0.4, -0.2) is 21.4 Å². The Labute approximate surface area is 141 Å². The van der Waals surface area contributed by atoms with Crippen molar-refractivity contribution in [2.45, 2.75) is 38.3 Å². The van der Waals surface area contributed by atoms with Gasteiger partial charge in [-0.25, -0.2) is 9.97 Å². The number of hydrogen-bond donors (Lipinski definition) is 0. The maximum atomic E-state index is 5.68. The first kappa shape index (κ1) is 15.1. The lowest BCUT2D eigenvalue weighted by molar-refractivity contribution is 0.169. The molecule has 0 aliphatic carbocycles. The fourth-order valence-corrected chi connectivity index (χ4v) is 3.36. The van der Waals surface area contributed by atoms with Crippen LogP contribution in [0.3, 0.4) is 0 Å². The van der Waals surface area contributed by atoms with E-state index in [1.165, 1.54) is 19.3 Å². The quantitative estimate of drug-likeness (QED) is 0.710. The largest absolute Gasteiger partial charge is 0.468 e. The average molecular weight is 323 g/mol. The number of hydrogen-bond acceptors (Lipinski definition) is 5. The summed E-state index contributed by atoms with van der Waals surface area (Å²) in [6.45, 7) is 1.91. The van der Waals surface area contributed by atoms with Gasteiger partial charge in [0, 0.05) is 24.5 Å². The molecule has 0 bridgehead atoms. The predicted octanol–water partition coefficient (Wildman–Crippen LogP) is 4.45. The van der Waals surface area contributed by atoms with Gasteiger partial charge in [-0.1, -0.05) is 12.8 Å². The Kier molecular flexibility index (Phi) is 4.42. The number of furan rings is 2. The van der Waals surface area contributed by atoms with Crippen LogP contribution < -0.4 is 0 Å². The molecule has 0 radical (unpaired) electrons. The van der Waals surface area contributed by atoms with E-state index < -0.39 is 0 Å². The highest BCUT2D eigenvalue weighted by Crippen LogP contribution is 2.31. The van der Waals surface area contributed by atoms with Crippen LogP contribution in [-0.2, 0) is 6.54 Å². The van der Waals surface area contributed by atoms with E-state index in [1.807, 2.05) is 30.6 Å². The monoisotopic (exact) mass is 323 g/mol. The van der Waals surface area contributed by atoms with Gasteiger partial charge in [-0.05, 0) is 43.7 Å². The van der Waals surface area contributed by atoms with Gasteiger partial charge in [0.05, 0.1) is 18.6 Å². The van der Waals surface area contributed by atoms with Gasteiger partial charge in [-0.3, -0.25) is 4.90 Å². The minimum atomic E-state index is 0.340. The second-order valence-electron chi connectivity index (χ2n) is 6.24. The minimum absolute atomic E-state index is 0.340. The molecule has 0 saturated carbocycles. The Morgan fingerprint density at radius 3 is 2.58 bits per heavy atom. The Bertz CT molecular complexity index is 736. The zero-order valence-corrected chi connectivity index (χ0v) is 13.6.